The van der Waals surface area contributed by atoms with Crippen molar-refractivity contribution in [1.29, 1.82) is 0 Å². The number of fused-ring (bicyclic) bond motifs is 3. The summed E-state index contributed by atoms with van der Waals surface area (Å²) in [5, 5.41) is 14.7. The first-order chi connectivity index (χ1) is 23.3. The van der Waals surface area contributed by atoms with Crippen LogP contribution in [0.25, 0.3) is 65.9 Å². The summed E-state index contributed by atoms with van der Waals surface area (Å²) in [5.74, 6) is -0.133. The van der Waals surface area contributed by atoms with Crippen LogP contribution in [0.3, 0.4) is 0 Å². The number of aryl methyl sites for hydroxylation is 1. The lowest BCUT2D eigenvalue weighted by molar-refractivity contribution is 0.466. The van der Waals surface area contributed by atoms with Crippen molar-refractivity contribution in [3.8, 4) is 38.7 Å². The number of nitrogens with zero attached hydrogens (tertiary/aromatic N) is 1. The molecule has 0 fully saturated rings. The van der Waals surface area contributed by atoms with Crippen molar-refractivity contribution in [3.63, 3.8) is 0 Å². The number of phenols is 1. The van der Waals surface area contributed by atoms with Crippen molar-refractivity contribution in [2.75, 3.05) is 0 Å². The molecule has 0 bridgehead atoms. The highest BCUT2D eigenvalue weighted by molar-refractivity contribution is 9.10. The standard InChI is InChI=1S/C38H22BrNO7S/c1-19-34-27(15-25-24(16-32(42)46-35(19)25)20-7-3-2-4-8-20)33(43)22(17-45-34)14-26-31(41)12-11-21-13-28(38(44)47-36(21)26)37-40-30(18-48-37)23-9-5-6-10-29(23)39/h2-13,15-18,41H,14H2,1H3. The lowest BCUT2D eigenvalue weighted by Crippen LogP contribution is -2.11. The van der Waals surface area contributed by atoms with Gasteiger partial charge in [-0.1, -0.05) is 64.5 Å². The number of thiazole rings is 1. The van der Waals surface area contributed by atoms with E-state index in [2.05, 4.69) is 20.9 Å². The molecule has 8 nitrogen and oxygen atoms in total. The third-order valence-corrected chi connectivity index (χ3v) is 9.95. The van der Waals surface area contributed by atoms with Gasteiger partial charge in [0.2, 0.25) is 0 Å². The molecule has 4 aromatic carbocycles. The smallest absolute Gasteiger partial charge is 0.346 e. The molecule has 0 spiro atoms. The Morgan fingerprint density at radius 3 is 2.42 bits per heavy atom. The molecular formula is C38H22BrNO7S. The van der Waals surface area contributed by atoms with Gasteiger partial charge in [0.05, 0.1) is 22.9 Å². The van der Waals surface area contributed by atoms with Gasteiger partial charge in [-0.05, 0) is 48.4 Å². The SMILES string of the molecule is Cc1c2oc(=O)cc(-c3ccccc3)c2cc2c(=O)c(Cc3c(O)ccc4cc(-c5nc(-c6ccccc6Br)cs5)c(=O)oc34)coc12. The van der Waals surface area contributed by atoms with E-state index in [0.29, 0.717) is 32.5 Å². The Kier molecular flexibility index (Phi) is 7.19. The minimum atomic E-state index is -0.620. The second-order valence-electron chi connectivity index (χ2n) is 11.3. The third-order valence-electron chi connectivity index (χ3n) is 8.39. The van der Waals surface area contributed by atoms with Crippen LogP contribution < -0.4 is 16.7 Å². The van der Waals surface area contributed by atoms with E-state index in [9.17, 15) is 19.5 Å². The first-order valence-electron chi connectivity index (χ1n) is 14.8. The summed E-state index contributed by atoms with van der Waals surface area (Å²) in [6, 6.07) is 25.0. The molecular weight excluding hydrogens is 694 g/mol. The fraction of sp³-hybridized carbons (Fsp3) is 0.0526. The van der Waals surface area contributed by atoms with E-state index in [1.54, 1.807) is 25.1 Å². The van der Waals surface area contributed by atoms with Crippen LogP contribution in [0.1, 0.15) is 16.7 Å². The Labute approximate surface area is 283 Å². The lowest BCUT2D eigenvalue weighted by Gasteiger charge is -2.11. The maximum absolute atomic E-state index is 14.0. The van der Waals surface area contributed by atoms with Gasteiger partial charge in [-0.3, -0.25) is 4.79 Å². The van der Waals surface area contributed by atoms with Gasteiger partial charge in [0, 0.05) is 55.4 Å². The predicted molar refractivity (Wildman–Crippen MR) is 190 cm³/mol. The minimum absolute atomic E-state index is 0.0698. The van der Waals surface area contributed by atoms with Gasteiger partial charge in [0.25, 0.3) is 0 Å². The van der Waals surface area contributed by atoms with Crippen LogP contribution in [0, 0.1) is 6.92 Å². The summed E-state index contributed by atoms with van der Waals surface area (Å²) in [5.41, 5.74) is 3.67. The number of hydrogen-bond donors (Lipinski definition) is 1. The zero-order chi connectivity index (χ0) is 33.1. The molecule has 234 valence electrons. The van der Waals surface area contributed by atoms with Crippen LogP contribution in [0.15, 0.2) is 129 Å². The van der Waals surface area contributed by atoms with Crippen molar-refractivity contribution in [2.45, 2.75) is 13.3 Å². The maximum atomic E-state index is 14.0. The molecule has 48 heavy (non-hydrogen) atoms. The Hall–Kier alpha value is -5.58. The summed E-state index contributed by atoms with van der Waals surface area (Å²) in [4.78, 5) is 44.5. The summed E-state index contributed by atoms with van der Waals surface area (Å²) in [6.07, 6.45) is 1.26. The number of hydrogen-bond acceptors (Lipinski definition) is 9. The zero-order valence-electron chi connectivity index (χ0n) is 25.1. The van der Waals surface area contributed by atoms with E-state index in [4.69, 9.17) is 13.3 Å². The number of aromatic hydroxyl groups is 1. The molecule has 4 aromatic heterocycles. The first kappa shape index (κ1) is 29.8. The van der Waals surface area contributed by atoms with Crippen molar-refractivity contribution in [1.82, 2.24) is 4.98 Å². The molecule has 8 rings (SSSR count). The van der Waals surface area contributed by atoms with Gasteiger partial charge in [0.15, 0.2) is 5.43 Å². The maximum Gasteiger partial charge on any atom is 0.346 e. The van der Waals surface area contributed by atoms with E-state index in [0.717, 1.165) is 21.3 Å². The number of aromatic nitrogens is 1. The van der Waals surface area contributed by atoms with Crippen LogP contribution >= 0.6 is 27.3 Å². The average Bonchev–Trinajstić information content (AvgIpc) is 3.58. The molecule has 0 radical (unpaired) electrons. The van der Waals surface area contributed by atoms with Crippen LogP contribution in [-0.2, 0) is 6.42 Å². The Morgan fingerprint density at radius 1 is 0.812 bits per heavy atom. The lowest BCUT2D eigenvalue weighted by atomic mass is 9.97. The van der Waals surface area contributed by atoms with Crippen molar-refractivity contribution < 1.29 is 18.4 Å². The molecule has 0 aliphatic heterocycles. The largest absolute Gasteiger partial charge is 0.508 e. The van der Waals surface area contributed by atoms with Crippen LogP contribution in [-0.4, -0.2) is 10.1 Å². The van der Waals surface area contributed by atoms with E-state index >= 15 is 0 Å². The number of halogens is 1. The van der Waals surface area contributed by atoms with E-state index < -0.39 is 11.3 Å². The van der Waals surface area contributed by atoms with Gasteiger partial charge in [-0.15, -0.1) is 11.3 Å². The topological polar surface area (TPSA) is 124 Å². The molecule has 1 N–H and O–H groups in total. The van der Waals surface area contributed by atoms with Crippen LogP contribution in [0.2, 0.25) is 0 Å². The van der Waals surface area contributed by atoms with Crippen molar-refractivity contribution >= 4 is 60.2 Å². The number of rotatable bonds is 5. The fourth-order valence-electron chi connectivity index (χ4n) is 6.03. The molecule has 0 saturated carbocycles. The van der Waals surface area contributed by atoms with Gasteiger partial charge < -0.3 is 18.4 Å². The van der Waals surface area contributed by atoms with Gasteiger partial charge >= 0.3 is 11.3 Å². The highest BCUT2D eigenvalue weighted by Crippen LogP contribution is 2.36. The highest BCUT2D eigenvalue weighted by Gasteiger charge is 2.21. The Balaban J connectivity index is 1.23. The predicted octanol–water partition coefficient (Wildman–Crippen LogP) is 8.83. The first-order valence-corrected chi connectivity index (χ1v) is 16.5. The second kappa shape index (κ2) is 11.6. The third kappa shape index (κ3) is 4.97. The summed E-state index contributed by atoms with van der Waals surface area (Å²) < 4.78 is 18.3. The van der Waals surface area contributed by atoms with Gasteiger partial charge in [-0.25, -0.2) is 14.6 Å². The molecule has 0 amide bonds. The minimum Gasteiger partial charge on any atom is -0.508 e. The normalized spacial score (nSPS) is 11.5. The average molecular weight is 717 g/mol. The summed E-state index contributed by atoms with van der Waals surface area (Å²) >= 11 is 4.88. The highest BCUT2D eigenvalue weighted by atomic mass is 79.9. The molecule has 10 heteroatoms. The monoisotopic (exact) mass is 715 g/mol. The molecule has 0 unspecified atom stereocenters. The summed E-state index contributed by atoms with van der Waals surface area (Å²) in [7, 11) is 0. The van der Waals surface area contributed by atoms with E-state index in [-0.39, 0.29) is 50.8 Å². The van der Waals surface area contributed by atoms with Gasteiger partial charge in [0.1, 0.15) is 27.5 Å². The van der Waals surface area contributed by atoms with E-state index in [1.165, 1.54) is 29.7 Å². The second-order valence-corrected chi connectivity index (χ2v) is 13.0. The number of benzene rings is 4. The molecule has 8 aromatic rings. The van der Waals surface area contributed by atoms with Crippen molar-refractivity contribution in [3.05, 3.63) is 149 Å². The zero-order valence-corrected chi connectivity index (χ0v) is 27.5. The molecule has 0 saturated heterocycles. The number of phenolic OH excluding ortho intramolecular Hbond substituents is 1. The van der Waals surface area contributed by atoms with Gasteiger partial charge in [-0.2, -0.15) is 0 Å². The Bertz CT molecular complexity index is 2760. The van der Waals surface area contributed by atoms with Crippen LogP contribution in [0.4, 0.5) is 0 Å². The molecule has 4 heterocycles. The molecule has 0 aliphatic carbocycles. The fourth-order valence-corrected chi connectivity index (χ4v) is 7.34. The summed E-state index contributed by atoms with van der Waals surface area (Å²) in [6.45, 7) is 1.73. The molecule has 0 aliphatic rings. The quantitative estimate of drug-likeness (QED) is 0.138. The van der Waals surface area contributed by atoms with Crippen molar-refractivity contribution in [2.24, 2.45) is 0 Å². The Morgan fingerprint density at radius 2 is 1.60 bits per heavy atom. The molecule has 0 atom stereocenters. The van der Waals surface area contributed by atoms with Crippen LogP contribution in [0.5, 0.6) is 5.75 Å². The van der Waals surface area contributed by atoms with E-state index in [1.807, 2.05) is 60.0 Å².